The molecule has 6 heteroatoms. The number of aromatic hydroxyl groups is 1. The maximum atomic E-state index is 12.8. The van der Waals surface area contributed by atoms with Gasteiger partial charge < -0.3 is 19.9 Å². The van der Waals surface area contributed by atoms with Gasteiger partial charge in [-0.15, -0.1) is 0 Å². The van der Waals surface area contributed by atoms with Gasteiger partial charge in [-0.05, 0) is 43.2 Å². The number of benzene rings is 2. The largest absolute Gasteiger partial charge is 0.507 e. The SMILES string of the molecule is C=CC(=O)NCCCCOc1cc(OC)ccc1C(=O)c1ccccc1O. The molecule has 142 valence electrons. The van der Waals surface area contributed by atoms with Gasteiger partial charge in [0, 0.05) is 12.6 Å². The van der Waals surface area contributed by atoms with Crippen molar-refractivity contribution in [2.24, 2.45) is 0 Å². The van der Waals surface area contributed by atoms with Crippen LogP contribution in [0.2, 0.25) is 0 Å². The number of methoxy groups -OCH3 is 1. The fourth-order valence-electron chi connectivity index (χ4n) is 2.44. The highest BCUT2D eigenvalue weighted by molar-refractivity contribution is 6.12. The summed E-state index contributed by atoms with van der Waals surface area (Å²) in [6.45, 7) is 4.29. The summed E-state index contributed by atoms with van der Waals surface area (Å²) in [4.78, 5) is 23.9. The number of hydrogen-bond donors (Lipinski definition) is 2. The Morgan fingerprint density at radius 3 is 2.63 bits per heavy atom. The fourth-order valence-corrected chi connectivity index (χ4v) is 2.44. The number of carbonyl (C=O) groups is 2. The molecule has 0 radical (unpaired) electrons. The Balaban J connectivity index is 2.06. The van der Waals surface area contributed by atoms with E-state index in [4.69, 9.17) is 9.47 Å². The third kappa shape index (κ3) is 5.60. The Labute approximate surface area is 158 Å². The van der Waals surface area contributed by atoms with Gasteiger partial charge in [0.1, 0.15) is 17.2 Å². The lowest BCUT2D eigenvalue weighted by molar-refractivity contribution is -0.116. The topological polar surface area (TPSA) is 84.9 Å². The van der Waals surface area contributed by atoms with Crippen LogP contribution in [0.25, 0.3) is 0 Å². The van der Waals surface area contributed by atoms with Crippen LogP contribution in [0, 0.1) is 0 Å². The Morgan fingerprint density at radius 1 is 1.15 bits per heavy atom. The van der Waals surface area contributed by atoms with Gasteiger partial charge in [0.05, 0.1) is 24.8 Å². The van der Waals surface area contributed by atoms with Crippen molar-refractivity contribution < 1.29 is 24.2 Å². The fraction of sp³-hybridized carbons (Fsp3) is 0.238. The number of nitrogens with one attached hydrogen (secondary N) is 1. The predicted molar refractivity (Wildman–Crippen MR) is 102 cm³/mol. The molecule has 0 fully saturated rings. The van der Waals surface area contributed by atoms with Crippen molar-refractivity contribution in [1.29, 1.82) is 0 Å². The zero-order valence-corrected chi connectivity index (χ0v) is 15.2. The molecular weight excluding hydrogens is 346 g/mol. The average Bonchev–Trinajstić information content (AvgIpc) is 2.70. The van der Waals surface area contributed by atoms with Gasteiger partial charge in [-0.1, -0.05) is 18.7 Å². The highest BCUT2D eigenvalue weighted by atomic mass is 16.5. The second-order valence-corrected chi connectivity index (χ2v) is 5.76. The zero-order valence-electron chi connectivity index (χ0n) is 15.2. The molecule has 6 nitrogen and oxygen atoms in total. The number of carbonyl (C=O) groups excluding carboxylic acids is 2. The molecule has 0 aliphatic rings. The van der Waals surface area contributed by atoms with E-state index in [1.165, 1.54) is 19.3 Å². The zero-order chi connectivity index (χ0) is 19.6. The predicted octanol–water partition coefficient (Wildman–Crippen LogP) is 3.09. The Hall–Kier alpha value is -3.28. The van der Waals surface area contributed by atoms with Gasteiger partial charge in [0.15, 0.2) is 5.78 Å². The monoisotopic (exact) mass is 369 g/mol. The van der Waals surface area contributed by atoms with Gasteiger partial charge >= 0.3 is 0 Å². The van der Waals surface area contributed by atoms with E-state index in [0.29, 0.717) is 36.6 Å². The summed E-state index contributed by atoms with van der Waals surface area (Å²) in [5, 5.41) is 12.6. The molecule has 0 saturated heterocycles. The van der Waals surface area contributed by atoms with Crippen LogP contribution in [0.15, 0.2) is 55.1 Å². The van der Waals surface area contributed by atoms with E-state index in [1.807, 2.05) is 0 Å². The summed E-state index contributed by atoms with van der Waals surface area (Å²) in [6, 6.07) is 11.3. The normalized spacial score (nSPS) is 10.1. The number of para-hydroxylation sites is 1. The molecule has 0 atom stereocenters. The van der Waals surface area contributed by atoms with Crippen molar-refractivity contribution in [3.8, 4) is 17.2 Å². The smallest absolute Gasteiger partial charge is 0.243 e. The van der Waals surface area contributed by atoms with Crippen molar-refractivity contribution in [3.05, 3.63) is 66.2 Å². The van der Waals surface area contributed by atoms with Crippen LogP contribution in [0.5, 0.6) is 17.2 Å². The second-order valence-electron chi connectivity index (χ2n) is 5.76. The minimum atomic E-state index is -0.330. The van der Waals surface area contributed by atoms with E-state index in [9.17, 15) is 14.7 Å². The first kappa shape index (κ1) is 20.0. The summed E-state index contributed by atoms with van der Waals surface area (Å²) in [6.07, 6.45) is 2.65. The first-order valence-electron chi connectivity index (χ1n) is 8.60. The molecule has 2 aromatic rings. The maximum absolute atomic E-state index is 12.8. The van der Waals surface area contributed by atoms with Crippen LogP contribution in [-0.4, -0.2) is 37.1 Å². The summed E-state index contributed by atoms with van der Waals surface area (Å²) in [5.41, 5.74) is 0.553. The third-order valence-corrected chi connectivity index (χ3v) is 3.90. The minimum Gasteiger partial charge on any atom is -0.507 e. The van der Waals surface area contributed by atoms with Crippen LogP contribution in [-0.2, 0) is 4.79 Å². The van der Waals surface area contributed by atoms with Crippen molar-refractivity contribution >= 4 is 11.7 Å². The number of hydrogen-bond acceptors (Lipinski definition) is 5. The molecule has 0 saturated carbocycles. The highest BCUT2D eigenvalue weighted by Crippen LogP contribution is 2.29. The molecular formula is C21H23NO5. The van der Waals surface area contributed by atoms with Gasteiger partial charge in [0.25, 0.3) is 0 Å². The number of amides is 1. The Kier molecular flexibility index (Phi) is 7.43. The molecule has 2 rings (SSSR count). The molecule has 0 aromatic heterocycles. The van der Waals surface area contributed by atoms with E-state index in [-0.39, 0.29) is 23.0 Å². The third-order valence-electron chi connectivity index (χ3n) is 3.90. The number of rotatable bonds is 10. The maximum Gasteiger partial charge on any atom is 0.243 e. The first-order chi connectivity index (χ1) is 13.1. The molecule has 0 aliphatic carbocycles. The van der Waals surface area contributed by atoms with E-state index < -0.39 is 0 Å². The molecule has 0 unspecified atom stereocenters. The molecule has 2 N–H and O–H groups in total. The number of phenolic OH excluding ortho intramolecular Hbond substituents is 1. The second kappa shape index (κ2) is 10.0. The van der Waals surface area contributed by atoms with Crippen LogP contribution < -0.4 is 14.8 Å². The van der Waals surface area contributed by atoms with Crippen molar-refractivity contribution in [2.45, 2.75) is 12.8 Å². The lowest BCUT2D eigenvalue weighted by Gasteiger charge is -2.13. The van der Waals surface area contributed by atoms with Gasteiger partial charge in [-0.3, -0.25) is 9.59 Å². The van der Waals surface area contributed by atoms with Gasteiger partial charge in [-0.25, -0.2) is 0 Å². The van der Waals surface area contributed by atoms with Crippen LogP contribution in [0.1, 0.15) is 28.8 Å². The van der Waals surface area contributed by atoms with E-state index in [1.54, 1.807) is 36.4 Å². The van der Waals surface area contributed by atoms with E-state index in [2.05, 4.69) is 11.9 Å². The number of ketones is 1. The van der Waals surface area contributed by atoms with Gasteiger partial charge in [0.2, 0.25) is 5.91 Å². The first-order valence-corrected chi connectivity index (χ1v) is 8.60. The highest BCUT2D eigenvalue weighted by Gasteiger charge is 2.18. The molecule has 1 amide bonds. The van der Waals surface area contributed by atoms with Gasteiger partial charge in [-0.2, -0.15) is 0 Å². The molecule has 27 heavy (non-hydrogen) atoms. The standard InChI is InChI=1S/C21H23NO5/c1-3-20(24)22-12-6-7-13-27-19-14-15(26-2)10-11-17(19)21(25)16-8-4-5-9-18(16)23/h3-5,8-11,14,23H,1,6-7,12-13H2,2H3,(H,22,24). The minimum absolute atomic E-state index is 0.0813. The van der Waals surface area contributed by atoms with Crippen LogP contribution in [0.3, 0.4) is 0 Å². The molecule has 0 spiro atoms. The quantitative estimate of drug-likeness (QED) is 0.382. The van der Waals surface area contributed by atoms with Crippen LogP contribution >= 0.6 is 0 Å². The lowest BCUT2D eigenvalue weighted by Crippen LogP contribution is -2.22. The molecule has 0 bridgehead atoms. The molecule has 0 aliphatic heterocycles. The Bertz CT molecular complexity index is 816. The Morgan fingerprint density at radius 2 is 1.93 bits per heavy atom. The number of unbranched alkanes of at least 4 members (excludes halogenated alkanes) is 1. The molecule has 0 heterocycles. The summed E-state index contributed by atoms with van der Waals surface area (Å²) >= 11 is 0. The van der Waals surface area contributed by atoms with Crippen molar-refractivity contribution in [1.82, 2.24) is 5.32 Å². The molecule has 2 aromatic carbocycles. The number of phenols is 1. The number of ether oxygens (including phenoxy) is 2. The summed E-state index contributed by atoms with van der Waals surface area (Å²) < 4.78 is 11.0. The van der Waals surface area contributed by atoms with Crippen molar-refractivity contribution in [3.63, 3.8) is 0 Å². The average molecular weight is 369 g/mol. The van der Waals surface area contributed by atoms with E-state index >= 15 is 0 Å². The summed E-state index contributed by atoms with van der Waals surface area (Å²) in [7, 11) is 1.53. The lowest BCUT2D eigenvalue weighted by atomic mass is 10.0. The van der Waals surface area contributed by atoms with E-state index in [0.717, 1.165) is 6.42 Å². The van der Waals surface area contributed by atoms with Crippen LogP contribution in [0.4, 0.5) is 0 Å². The summed E-state index contributed by atoms with van der Waals surface area (Å²) in [5.74, 6) is 0.334. The van der Waals surface area contributed by atoms with Crippen molar-refractivity contribution in [2.75, 3.05) is 20.3 Å².